The van der Waals surface area contributed by atoms with Crippen molar-refractivity contribution in [2.45, 2.75) is 231 Å². The van der Waals surface area contributed by atoms with E-state index in [2.05, 4.69) is 24.1 Å². The third kappa shape index (κ3) is 37.8. The number of carbonyl (C=O) groups excluding carboxylic acids is 3. The topological polar surface area (TPSA) is 199 Å². The Labute approximate surface area is 334 Å². The number of phosphoric ester groups is 1. The smallest absolute Gasteiger partial charge is 0.306 e. The first-order valence-corrected chi connectivity index (χ1v) is 23.6. The SMILES string of the molecule is CCCCCCCCCCCCCCCCCC(=O)OC[C@H](COP(=O)([O-])OC[C@H]([NH3+])C(=O)[O-])OC(=O)CCCCCCCCC(O)CCCCCCCC. The molecule has 0 saturated heterocycles. The average molecular weight is 807 g/mol. The number of carboxylic acid groups (broad SMARTS) is 1. The number of aliphatic hydroxyl groups is 1. The molecule has 0 fully saturated rings. The van der Waals surface area contributed by atoms with Crippen LogP contribution in [0.5, 0.6) is 0 Å². The minimum Gasteiger partial charge on any atom is -0.756 e. The van der Waals surface area contributed by atoms with Crippen molar-refractivity contribution in [3.8, 4) is 0 Å². The summed E-state index contributed by atoms with van der Waals surface area (Å²) >= 11 is 0. The van der Waals surface area contributed by atoms with Crippen LogP contribution in [0.25, 0.3) is 0 Å². The molecule has 0 aliphatic rings. The van der Waals surface area contributed by atoms with E-state index in [4.69, 9.17) is 14.0 Å². The predicted molar refractivity (Wildman–Crippen MR) is 213 cm³/mol. The van der Waals surface area contributed by atoms with E-state index >= 15 is 0 Å². The van der Waals surface area contributed by atoms with Gasteiger partial charge < -0.3 is 44.2 Å². The van der Waals surface area contributed by atoms with Crippen LogP contribution in [0.15, 0.2) is 0 Å². The number of hydrogen-bond acceptors (Lipinski definition) is 11. The quantitative estimate of drug-likeness (QED) is 0.0347. The molecular formula is C42H81NO11P-. The Hall–Kier alpha value is -1.56. The maximum Gasteiger partial charge on any atom is 0.306 e. The van der Waals surface area contributed by atoms with Crippen LogP contribution in [-0.4, -0.2) is 61.1 Å². The van der Waals surface area contributed by atoms with Gasteiger partial charge in [-0.05, 0) is 25.7 Å². The van der Waals surface area contributed by atoms with E-state index in [0.29, 0.717) is 12.8 Å². The maximum atomic E-state index is 12.6. The fourth-order valence-corrected chi connectivity index (χ4v) is 7.17. The predicted octanol–water partition coefficient (Wildman–Crippen LogP) is 7.80. The highest BCUT2D eigenvalue weighted by atomic mass is 31.2. The van der Waals surface area contributed by atoms with Crippen molar-refractivity contribution in [2.24, 2.45) is 0 Å². The van der Waals surface area contributed by atoms with E-state index < -0.39 is 51.1 Å². The standard InChI is InChI=1S/C42H82NO11P/c1-3-5-7-9-11-12-13-14-15-16-17-18-19-24-28-32-40(45)51-34-38(35-52-55(49,50)53-36-39(43)42(47)48)54-41(46)33-29-25-21-20-23-27-31-37(44)30-26-22-10-8-6-4-2/h37-39,44H,3-36,43H2,1-2H3,(H,47,48)(H,49,50)/p-1/t37?,38-,39+/m1/s1. The average Bonchev–Trinajstić information content (AvgIpc) is 3.15. The number of aliphatic carboxylic acids is 1. The lowest BCUT2D eigenvalue weighted by atomic mass is 10.0. The lowest BCUT2D eigenvalue weighted by Gasteiger charge is -2.26. The summed E-state index contributed by atoms with van der Waals surface area (Å²) in [5, 5.41) is 21.1. The molecule has 0 aromatic heterocycles. The van der Waals surface area contributed by atoms with Crippen LogP contribution in [0.2, 0.25) is 0 Å². The largest absolute Gasteiger partial charge is 0.756 e. The number of carbonyl (C=O) groups is 3. The van der Waals surface area contributed by atoms with Gasteiger partial charge in [0.15, 0.2) is 6.10 Å². The van der Waals surface area contributed by atoms with E-state index in [1.165, 1.54) is 103 Å². The Bertz CT molecular complexity index is 970. The zero-order chi connectivity index (χ0) is 40.8. The van der Waals surface area contributed by atoms with Gasteiger partial charge in [-0.1, -0.05) is 174 Å². The van der Waals surface area contributed by atoms with Gasteiger partial charge in [0.2, 0.25) is 0 Å². The first-order chi connectivity index (χ1) is 26.5. The lowest BCUT2D eigenvalue weighted by molar-refractivity contribution is -0.441. The number of esters is 2. The van der Waals surface area contributed by atoms with Crippen molar-refractivity contribution in [3.63, 3.8) is 0 Å². The minimum absolute atomic E-state index is 0.112. The van der Waals surface area contributed by atoms with Crippen molar-refractivity contribution in [2.75, 3.05) is 19.8 Å². The Morgan fingerprint density at radius 2 is 0.927 bits per heavy atom. The monoisotopic (exact) mass is 807 g/mol. The number of phosphoric acid groups is 1. The molecule has 0 aromatic carbocycles. The fourth-order valence-electron chi connectivity index (χ4n) is 6.38. The Kier molecular flexibility index (Phi) is 36.9. The second-order valence-corrected chi connectivity index (χ2v) is 16.8. The summed E-state index contributed by atoms with van der Waals surface area (Å²) in [4.78, 5) is 48.1. The number of unbranched alkanes of at least 4 members (excludes halogenated alkanes) is 24. The molecule has 0 rings (SSSR count). The molecule has 4 atom stereocenters. The van der Waals surface area contributed by atoms with Crippen molar-refractivity contribution in [3.05, 3.63) is 0 Å². The van der Waals surface area contributed by atoms with Gasteiger partial charge >= 0.3 is 11.9 Å². The number of hydrogen-bond donors (Lipinski definition) is 2. The molecule has 0 saturated carbocycles. The molecule has 12 nitrogen and oxygen atoms in total. The number of ether oxygens (including phenoxy) is 2. The van der Waals surface area contributed by atoms with Crippen molar-refractivity contribution in [1.82, 2.24) is 0 Å². The molecule has 0 bridgehead atoms. The number of quaternary nitrogens is 1. The second-order valence-electron chi connectivity index (χ2n) is 15.4. The van der Waals surface area contributed by atoms with Gasteiger partial charge in [0.05, 0.1) is 12.7 Å². The van der Waals surface area contributed by atoms with E-state index in [0.717, 1.165) is 70.6 Å². The third-order valence-electron chi connectivity index (χ3n) is 9.96. The third-order valence-corrected chi connectivity index (χ3v) is 10.9. The first kappa shape index (κ1) is 53.4. The Morgan fingerprint density at radius 1 is 0.564 bits per heavy atom. The molecular weight excluding hydrogens is 725 g/mol. The van der Waals surface area contributed by atoms with Gasteiger partial charge in [0, 0.05) is 12.8 Å². The summed E-state index contributed by atoms with van der Waals surface area (Å²) in [6.45, 7) is 2.64. The minimum atomic E-state index is -4.96. The van der Waals surface area contributed by atoms with Gasteiger partial charge in [-0.15, -0.1) is 0 Å². The van der Waals surface area contributed by atoms with Gasteiger partial charge in [0.25, 0.3) is 7.82 Å². The molecule has 0 aliphatic carbocycles. The van der Waals surface area contributed by atoms with Crippen LogP contribution in [0.3, 0.4) is 0 Å². The molecule has 0 heterocycles. The molecule has 0 aromatic rings. The highest BCUT2D eigenvalue weighted by Gasteiger charge is 2.22. The summed E-state index contributed by atoms with van der Waals surface area (Å²) in [5.41, 5.74) is 3.24. The number of aliphatic hydroxyl groups excluding tert-OH is 1. The van der Waals surface area contributed by atoms with Crippen LogP contribution < -0.4 is 15.7 Å². The zero-order valence-electron chi connectivity index (χ0n) is 35.0. The molecule has 0 spiro atoms. The van der Waals surface area contributed by atoms with Crippen LogP contribution in [-0.2, 0) is 37.5 Å². The van der Waals surface area contributed by atoms with Crippen molar-refractivity contribution < 1.29 is 58.3 Å². The Balaban J connectivity index is 4.37. The molecule has 0 radical (unpaired) electrons. The number of carboxylic acids is 1. The highest BCUT2D eigenvalue weighted by Crippen LogP contribution is 2.38. The second kappa shape index (κ2) is 38.0. The highest BCUT2D eigenvalue weighted by molar-refractivity contribution is 7.45. The van der Waals surface area contributed by atoms with E-state index in [9.17, 15) is 34.1 Å². The van der Waals surface area contributed by atoms with E-state index in [1.807, 2.05) is 0 Å². The molecule has 326 valence electrons. The maximum absolute atomic E-state index is 12.6. The van der Waals surface area contributed by atoms with Gasteiger partial charge in [-0.2, -0.15) is 0 Å². The fraction of sp³-hybridized carbons (Fsp3) is 0.929. The van der Waals surface area contributed by atoms with Gasteiger partial charge in [-0.25, -0.2) is 0 Å². The van der Waals surface area contributed by atoms with Gasteiger partial charge in [-0.3, -0.25) is 14.2 Å². The normalized spacial score (nSPS) is 14.3. The summed E-state index contributed by atoms with van der Waals surface area (Å²) in [5.74, 6) is -2.62. The van der Waals surface area contributed by atoms with Crippen LogP contribution in [0.4, 0.5) is 0 Å². The van der Waals surface area contributed by atoms with Crippen LogP contribution in [0, 0.1) is 0 Å². The summed E-state index contributed by atoms with van der Waals surface area (Å²) in [6, 6.07) is -1.43. The van der Waals surface area contributed by atoms with Crippen molar-refractivity contribution in [1.29, 1.82) is 0 Å². The van der Waals surface area contributed by atoms with E-state index in [1.54, 1.807) is 0 Å². The molecule has 55 heavy (non-hydrogen) atoms. The number of rotatable bonds is 42. The van der Waals surface area contributed by atoms with Crippen LogP contribution in [0.1, 0.15) is 213 Å². The molecule has 0 aliphatic heterocycles. The lowest BCUT2D eigenvalue weighted by Crippen LogP contribution is -2.70. The molecule has 4 N–H and O–H groups in total. The zero-order valence-corrected chi connectivity index (χ0v) is 35.9. The van der Waals surface area contributed by atoms with Crippen LogP contribution >= 0.6 is 7.82 Å². The summed E-state index contributed by atoms with van der Waals surface area (Å²) in [6.07, 6.45) is 31.5. The Morgan fingerprint density at radius 3 is 1.35 bits per heavy atom. The summed E-state index contributed by atoms with van der Waals surface area (Å²) < 4.78 is 32.3. The van der Waals surface area contributed by atoms with E-state index in [-0.39, 0.29) is 25.6 Å². The molecule has 13 heteroatoms. The molecule has 0 amide bonds. The van der Waals surface area contributed by atoms with Crippen molar-refractivity contribution >= 4 is 25.7 Å². The summed E-state index contributed by atoms with van der Waals surface area (Å²) in [7, 11) is -4.96. The molecule has 2 unspecified atom stereocenters. The first-order valence-electron chi connectivity index (χ1n) is 22.2. The van der Waals surface area contributed by atoms with Gasteiger partial charge in [0.1, 0.15) is 25.2 Å².